The summed E-state index contributed by atoms with van der Waals surface area (Å²) in [5.41, 5.74) is 8.33. The summed E-state index contributed by atoms with van der Waals surface area (Å²) in [6.07, 6.45) is 6.74. The van der Waals surface area contributed by atoms with Gasteiger partial charge in [0.2, 0.25) is 5.91 Å². The number of hydrogen-bond donors (Lipinski definition) is 2. The molecule has 0 radical (unpaired) electrons. The van der Waals surface area contributed by atoms with Crippen LogP contribution in [0.5, 0.6) is 5.75 Å². The van der Waals surface area contributed by atoms with E-state index in [0.29, 0.717) is 29.1 Å². The van der Waals surface area contributed by atoms with Gasteiger partial charge in [-0.05, 0) is 51.2 Å². The number of amides is 1. The molecule has 3 N–H and O–H groups in total. The maximum Gasteiger partial charge on any atom is 0.246 e. The van der Waals surface area contributed by atoms with E-state index in [1.807, 2.05) is 34.7 Å². The lowest BCUT2D eigenvalue weighted by Gasteiger charge is -2.32. The van der Waals surface area contributed by atoms with Crippen LogP contribution in [-0.4, -0.2) is 74.3 Å². The van der Waals surface area contributed by atoms with Crippen molar-refractivity contribution in [1.82, 2.24) is 29.5 Å². The Morgan fingerprint density at radius 3 is 2.81 bits per heavy atom. The van der Waals surface area contributed by atoms with E-state index in [2.05, 4.69) is 9.97 Å². The Labute approximate surface area is 180 Å². The topological polar surface area (TPSA) is 113 Å². The lowest BCUT2D eigenvalue weighted by atomic mass is 10.1. The van der Waals surface area contributed by atoms with Crippen LogP contribution in [0, 0.1) is 0 Å². The molecule has 3 heterocycles. The number of carbonyl (C=O) groups is 1. The number of likely N-dealkylation sites (N-methyl/N-ethyl adjacent to an activating group) is 1. The summed E-state index contributed by atoms with van der Waals surface area (Å²) >= 11 is 0. The first kappa shape index (κ1) is 20.8. The van der Waals surface area contributed by atoms with Gasteiger partial charge in [0.05, 0.1) is 11.4 Å². The van der Waals surface area contributed by atoms with Gasteiger partial charge in [0.1, 0.15) is 23.6 Å². The molecule has 1 aliphatic rings. The Hall–Kier alpha value is -3.46. The van der Waals surface area contributed by atoms with E-state index < -0.39 is 0 Å². The average molecular weight is 422 g/mol. The molecule has 9 nitrogen and oxygen atoms in total. The van der Waals surface area contributed by atoms with Crippen molar-refractivity contribution < 1.29 is 9.90 Å². The molecule has 31 heavy (non-hydrogen) atoms. The third-order valence-electron chi connectivity index (χ3n) is 5.44. The predicted octanol–water partition coefficient (Wildman–Crippen LogP) is 2.06. The monoisotopic (exact) mass is 421 g/mol. The fraction of sp³-hybridized carbons (Fsp3) is 0.364. The van der Waals surface area contributed by atoms with Gasteiger partial charge in [0.25, 0.3) is 0 Å². The largest absolute Gasteiger partial charge is 0.508 e. The third-order valence-corrected chi connectivity index (χ3v) is 5.44. The highest BCUT2D eigenvalue weighted by atomic mass is 16.3. The summed E-state index contributed by atoms with van der Waals surface area (Å²) in [6, 6.07) is 6.80. The Morgan fingerprint density at radius 1 is 1.29 bits per heavy atom. The number of likely N-dealkylation sites (tertiary alicyclic amines) is 1. The summed E-state index contributed by atoms with van der Waals surface area (Å²) in [5.74, 6) is 0.547. The molecule has 9 heteroatoms. The molecule has 4 rings (SSSR count). The van der Waals surface area contributed by atoms with Crippen LogP contribution in [0.1, 0.15) is 18.9 Å². The minimum Gasteiger partial charge on any atom is -0.508 e. The summed E-state index contributed by atoms with van der Waals surface area (Å²) in [5, 5.41) is 15.2. The molecule has 1 aromatic carbocycles. The number of piperidine rings is 1. The van der Waals surface area contributed by atoms with Crippen LogP contribution < -0.4 is 5.73 Å². The van der Waals surface area contributed by atoms with E-state index in [4.69, 9.17) is 10.8 Å². The molecule has 1 saturated heterocycles. The van der Waals surface area contributed by atoms with Crippen molar-refractivity contribution in [3.63, 3.8) is 0 Å². The molecule has 1 amide bonds. The summed E-state index contributed by atoms with van der Waals surface area (Å²) in [4.78, 5) is 25.1. The summed E-state index contributed by atoms with van der Waals surface area (Å²) in [7, 11) is 3.93. The lowest BCUT2D eigenvalue weighted by Crippen LogP contribution is -2.40. The Kier molecular flexibility index (Phi) is 5.85. The number of phenols is 1. The van der Waals surface area contributed by atoms with Crippen molar-refractivity contribution in [3.8, 4) is 17.0 Å². The number of nitrogens with two attached hydrogens (primary N) is 1. The number of anilines is 1. The SMILES string of the molecule is CN(C)CC=CC(=O)N1CCCC(n2nc(-c3ccc(O)cc3)c3c(N)ncnc32)C1. The number of nitrogens with zero attached hydrogens (tertiary/aromatic N) is 6. The second-order valence-corrected chi connectivity index (χ2v) is 8.04. The van der Waals surface area contributed by atoms with Crippen molar-refractivity contribution in [2.24, 2.45) is 0 Å². The van der Waals surface area contributed by atoms with Gasteiger partial charge in [-0.15, -0.1) is 0 Å². The lowest BCUT2D eigenvalue weighted by molar-refractivity contribution is -0.127. The van der Waals surface area contributed by atoms with Crippen LogP contribution in [0.4, 0.5) is 5.82 Å². The zero-order valence-corrected chi connectivity index (χ0v) is 17.8. The zero-order chi connectivity index (χ0) is 22.0. The first-order valence-corrected chi connectivity index (χ1v) is 10.3. The van der Waals surface area contributed by atoms with Crippen LogP contribution >= 0.6 is 0 Å². The number of aromatic nitrogens is 4. The third kappa shape index (κ3) is 4.36. The van der Waals surface area contributed by atoms with E-state index in [1.165, 1.54) is 6.33 Å². The van der Waals surface area contributed by atoms with Gasteiger partial charge in [-0.25, -0.2) is 14.6 Å². The smallest absolute Gasteiger partial charge is 0.246 e. The fourth-order valence-corrected chi connectivity index (χ4v) is 3.90. The highest BCUT2D eigenvalue weighted by molar-refractivity contribution is 5.98. The fourth-order valence-electron chi connectivity index (χ4n) is 3.90. The van der Waals surface area contributed by atoms with Crippen LogP contribution in [0.2, 0.25) is 0 Å². The number of hydrogen-bond acceptors (Lipinski definition) is 7. The van der Waals surface area contributed by atoms with Crippen LogP contribution in [0.3, 0.4) is 0 Å². The highest BCUT2D eigenvalue weighted by Gasteiger charge is 2.28. The number of phenolic OH excluding ortho intramolecular Hbond substituents is 1. The van der Waals surface area contributed by atoms with Crippen molar-refractivity contribution in [3.05, 3.63) is 42.7 Å². The standard InChI is InChI=1S/C22H27N7O2/c1-27(2)11-4-6-18(31)28-12-3-5-16(13-28)29-22-19(21(23)24-14-25-22)20(26-29)15-7-9-17(30)10-8-15/h4,6-10,14,16,30H,3,5,11-13H2,1-2H3,(H2,23,24,25). The first-order valence-electron chi connectivity index (χ1n) is 10.3. The molecular formula is C22H27N7O2. The number of benzene rings is 1. The van der Waals surface area contributed by atoms with Crippen molar-refractivity contribution in [1.29, 1.82) is 0 Å². The zero-order valence-electron chi connectivity index (χ0n) is 17.8. The molecule has 3 aromatic rings. The number of rotatable bonds is 5. The molecule has 0 aliphatic carbocycles. The minimum absolute atomic E-state index is 0.0101. The molecule has 0 spiro atoms. The molecule has 1 unspecified atom stereocenters. The number of carbonyl (C=O) groups excluding carboxylic acids is 1. The number of fused-ring (bicyclic) bond motifs is 1. The Bertz CT molecular complexity index is 1100. The van der Waals surface area contributed by atoms with Crippen molar-refractivity contribution >= 4 is 22.8 Å². The maximum absolute atomic E-state index is 12.7. The number of aromatic hydroxyl groups is 1. The second-order valence-electron chi connectivity index (χ2n) is 8.04. The van der Waals surface area contributed by atoms with Crippen LogP contribution in [0.15, 0.2) is 42.7 Å². The molecular weight excluding hydrogens is 394 g/mol. The Balaban J connectivity index is 1.66. The van der Waals surface area contributed by atoms with Gasteiger partial charge in [-0.1, -0.05) is 6.08 Å². The molecule has 162 valence electrons. The summed E-state index contributed by atoms with van der Waals surface area (Å²) < 4.78 is 1.87. The Morgan fingerprint density at radius 2 is 2.06 bits per heavy atom. The van der Waals surface area contributed by atoms with E-state index in [1.54, 1.807) is 30.3 Å². The molecule has 2 aromatic heterocycles. The van der Waals surface area contributed by atoms with Gasteiger partial charge in [-0.3, -0.25) is 4.79 Å². The van der Waals surface area contributed by atoms with Crippen molar-refractivity contribution in [2.75, 3.05) is 39.5 Å². The minimum atomic E-state index is -0.0115. The average Bonchev–Trinajstić information content (AvgIpc) is 3.15. The van der Waals surface area contributed by atoms with Gasteiger partial charge in [0.15, 0.2) is 5.65 Å². The normalized spacial score (nSPS) is 17.1. The van der Waals surface area contributed by atoms with Gasteiger partial charge < -0.3 is 20.6 Å². The molecule has 0 saturated carbocycles. The van der Waals surface area contributed by atoms with E-state index in [-0.39, 0.29) is 17.7 Å². The maximum atomic E-state index is 12.7. The molecule has 1 atom stereocenters. The molecule has 1 aliphatic heterocycles. The summed E-state index contributed by atoms with van der Waals surface area (Å²) in [6.45, 7) is 2.00. The second kappa shape index (κ2) is 8.73. The van der Waals surface area contributed by atoms with Gasteiger partial charge >= 0.3 is 0 Å². The van der Waals surface area contributed by atoms with Gasteiger partial charge in [-0.2, -0.15) is 5.10 Å². The number of nitrogen functional groups attached to an aromatic ring is 1. The van der Waals surface area contributed by atoms with Crippen LogP contribution in [0.25, 0.3) is 22.3 Å². The van der Waals surface area contributed by atoms with Crippen LogP contribution in [-0.2, 0) is 4.79 Å². The first-order chi connectivity index (χ1) is 14.9. The molecule has 1 fully saturated rings. The van der Waals surface area contributed by atoms with E-state index in [0.717, 1.165) is 31.5 Å². The highest BCUT2D eigenvalue weighted by Crippen LogP contribution is 2.34. The van der Waals surface area contributed by atoms with E-state index in [9.17, 15) is 9.90 Å². The van der Waals surface area contributed by atoms with E-state index >= 15 is 0 Å². The molecule has 0 bridgehead atoms. The predicted molar refractivity (Wildman–Crippen MR) is 119 cm³/mol. The van der Waals surface area contributed by atoms with Gasteiger partial charge in [0, 0.05) is 31.3 Å². The van der Waals surface area contributed by atoms with Crippen molar-refractivity contribution in [2.45, 2.75) is 18.9 Å². The quantitative estimate of drug-likeness (QED) is 0.606.